The number of aromatic nitrogens is 1. The van der Waals surface area contributed by atoms with Gasteiger partial charge in [-0.25, -0.2) is 0 Å². The third-order valence-corrected chi connectivity index (χ3v) is 5.31. The molecule has 0 spiro atoms. The van der Waals surface area contributed by atoms with Crippen LogP contribution >= 0.6 is 23.2 Å². The van der Waals surface area contributed by atoms with Crippen LogP contribution in [0.4, 0.5) is 18.9 Å². The molecule has 1 N–H and O–H groups in total. The van der Waals surface area contributed by atoms with Crippen LogP contribution in [0.2, 0.25) is 10.0 Å². The molecule has 0 saturated carbocycles. The maximum Gasteiger partial charge on any atom is 0.573 e. The van der Waals surface area contributed by atoms with E-state index < -0.39 is 29.8 Å². The molecular formula is C22H13Cl2F3N2O3. The Kier molecular flexibility index (Phi) is 5.75. The van der Waals surface area contributed by atoms with Crippen molar-refractivity contribution >= 4 is 40.4 Å². The number of pyridine rings is 1. The Morgan fingerprint density at radius 3 is 2.50 bits per heavy atom. The molecule has 5 nitrogen and oxygen atoms in total. The zero-order valence-corrected chi connectivity index (χ0v) is 17.5. The van der Waals surface area contributed by atoms with Crippen LogP contribution in [0.1, 0.15) is 17.2 Å². The van der Waals surface area contributed by atoms with Gasteiger partial charge < -0.3 is 9.84 Å². The third-order valence-electron chi connectivity index (χ3n) is 4.76. The van der Waals surface area contributed by atoms with Crippen molar-refractivity contribution in [2.45, 2.75) is 12.4 Å². The number of halogens is 5. The summed E-state index contributed by atoms with van der Waals surface area (Å²) in [5, 5.41) is 11.3. The summed E-state index contributed by atoms with van der Waals surface area (Å²) in [5.74, 6) is -1.92. The minimum absolute atomic E-state index is 0.0808. The fourth-order valence-electron chi connectivity index (χ4n) is 3.54. The molecule has 3 aromatic rings. The molecule has 1 aliphatic heterocycles. The van der Waals surface area contributed by atoms with Crippen molar-refractivity contribution in [3.63, 3.8) is 0 Å². The summed E-state index contributed by atoms with van der Waals surface area (Å²) in [6, 6.07) is 11.9. The van der Waals surface area contributed by atoms with Gasteiger partial charge in [0.1, 0.15) is 5.75 Å². The number of aliphatic hydroxyl groups excluding tert-OH is 1. The summed E-state index contributed by atoms with van der Waals surface area (Å²) in [7, 11) is 0. The fraction of sp³-hybridized carbons (Fsp3) is 0.0909. The average Bonchev–Trinajstić information content (AvgIpc) is 2.99. The maximum atomic E-state index is 13.1. The third kappa shape index (κ3) is 4.24. The molecule has 4 rings (SSSR count). The lowest BCUT2D eigenvalue weighted by Gasteiger charge is -2.27. The van der Waals surface area contributed by atoms with Gasteiger partial charge in [0.25, 0.3) is 5.91 Å². The first-order valence-corrected chi connectivity index (χ1v) is 9.89. The van der Waals surface area contributed by atoms with Gasteiger partial charge in [-0.3, -0.25) is 14.7 Å². The highest BCUT2D eigenvalue weighted by atomic mass is 35.5. The van der Waals surface area contributed by atoms with E-state index in [1.54, 1.807) is 24.3 Å². The van der Waals surface area contributed by atoms with E-state index in [1.165, 1.54) is 30.6 Å². The molecule has 1 unspecified atom stereocenters. The van der Waals surface area contributed by atoms with Crippen molar-refractivity contribution in [1.82, 2.24) is 4.98 Å². The minimum Gasteiger partial charge on any atom is -0.503 e. The number of aliphatic hydroxyl groups is 1. The second-order valence-corrected chi connectivity index (χ2v) is 7.64. The first-order valence-electron chi connectivity index (χ1n) is 9.13. The molecule has 164 valence electrons. The molecule has 0 saturated heterocycles. The molecule has 0 radical (unpaired) electrons. The predicted molar refractivity (Wildman–Crippen MR) is 114 cm³/mol. The van der Waals surface area contributed by atoms with E-state index in [-0.39, 0.29) is 16.3 Å². The Balaban J connectivity index is 1.87. The van der Waals surface area contributed by atoms with Gasteiger partial charge in [-0.15, -0.1) is 13.2 Å². The van der Waals surface area contributed by atoms with E-state index in [9.17, 15) is 23.1 Å². The molecule has 1 aromatic heterocycles. The topological polar surface area (TPSA) is 62.7 Å². The standard InChI is InChI=1S/C22H13Cl2F3N2O3/c23-13-6-7-16(17(24)9-13)18-19(12-3-2-8-28-11-12)29(21(31)20(18)30)14-4-1-5-15(10-14)32-22(25,26)27/h1-11,19,30H. The highest BCUT2D eigenvalue weighted by molar-refractivity contribution is 6.36. The number of hydrogen-bond donors (Lipinski definition) is 1. The summed E-state index contributed by atoms with van der Waals surface area (Å²) >= 11 is 12.3. The Bertz CT molecular complexity index is 1220. The van der Waals surface area contributed by atoms with Crippen LogP contribution in [-0.2, 0) is 4.79 Å². The van der Waals surface area contributed by atoms with Crippen molar-refractivity contribution in [2.24, 2.45) is 0 Å². The van der Waals surface area contributed by atoms with E-state index in [0.29, 0.717) is 16.1 Å². The number of nitrogens with zero attached hydrogens (tertiary/aromatic N) is 2. The van der Waals surface area contributed by atoms with E-state index in [4.69, 9.17) is 23.2 Å². The van der Waals surface area contributed by atoms with Crippen LogP contribution < -0.4 is 9.64 Å². The number of amides is 1. The summed E-state index contributed by atoms with van der Waals surface area (Å²) in [4.78, 5) is 18.3. The van der Waals surface area contributed by atoms with Crippen LogP contribution in [0, 0.1) is 0 Å². The van der Waals surface area contributed by atoms with Crippen LogP contribution in [0.15, 0.2) is 72.8 Å². The zero-order valence-electron chi connectivity index (χ0n) is 16.0. The summed E-state index contributed by atoms with van der Waals surface area (Å²) in [6.07, 6.45) is -1.89. The number of carbonyl (C=O) groups is 1. The van der Waals surface area contributed by atoms with E-state index in [2.05, 4.69) is 9.72 Å². The lowest BCUT2D eigenvalue weighted by molar-refractivity contribution is -0.274. The van der Waals surface area contributed by atoms with Crippen molar-refractivity contribution in [3.8, 4) is 5.75 Å². The quantitative estimate of drug-likeness (QED) is 0.472. The van der Waals surface area contributed by atoms with Crippen molar-refractivity contribution < 1.29 is 27.8 Å². The van der Waals surface area contributed by atoms with E-state index in [1.807, 2.05) is 0 Å². The van der Waals surface area contributed by atoms with Crippen molar-refractivity contribution in [1.29, 1.82) is 0 Å². The van der Waals surface area contributed by atoms with Crippen LogP contribution in [0.5, 0.6) is 5.75 Å². The van der Waals surface area contributed by atoms with Gasteiger partial charge in [-0.2, -0.15) is 0 Å². The second-order valence-electron chi connectivity index (χ2n) is 6.80. The number of carbonyl (C=O) groups excluding carboxylic acids is 1. The number of anilines is 1. The molecule has 2 aromatic carbocycles. The largest absolute Gasteiger partial charge is 0.573 e. The monoisotopic (exact) mass is 480 g/mol. The molecule has 2 heterocycles. The van der Waals surface area contributed by atoms with Gasteiger partial charge in [0.15, 0.2) is 5.76 Å². The smallest absolute Gasteiger partial charge is 0.503 e. The first-order chi connectivity index (χ1) is 15.2. The molecule has 1 aliphatic rings. The Labute approximate surface area is 190 Å². The number of benzene rings is 2. The Morgan fingerprint density at radius 1 is 1.06 bits per heavy atom. The Hall–Kier alpha value is -3.23. The highest BCUT2D eigenvalue weighted by Crippen LogP contribution is 2.47. The molecule has 0 bridgehead atoms. The highest BCUT2D eigenvalue weighted by Gasteiger charge is 2.43. The van der Waals surface area contributed by atoms with Gasteiger partial charge >= 0.3 is 6.36 Å². The summed E-state index contributed by atoms with van der Waals surface area (Å²) in [6.45, 7) is 0. The SMILES string of the molecule is O=C1C(O)=C(c2ccc(Cl)cc2Cl)C(c2cccnc2)N1c1cccc(OC(F)(F)F)c1. The summed E-state index contributed by atoms with van der Waals surface area (Å²) in [5.41, 5.74) is 1.11. The molecule has 10 heteroatoms. The van der Waals surface area contributed by atoms with Crippen LogP contribution in [0.3, 0.4) is 0 Å². The number of hydrogen-bond acceptors (Lipinski definition) is 4. The van der Waals surface area contributed by atoms with E-state index >= 15 is 0 Å². The number of rotatable bonds is 4. The van der Waals surface area contributed by atoms with Crippen molar-refractivity contribution in [3.05, 3.63) is 93.9 Å². The van der Waals surface area contributed by atoms with Crippen molar-refractivity contribution in [2.75, 3.05) is 4.90 Å². The van der Waals surface area contributed by atoms with Gasteiger partial charge in [0.05, 0.1) is 6.04 Å². The van der Waals surface area contributed by atoms with Gasteiger partial charge in [0, 0.05) is 45.3 Å². The molecule has 0 fully saturated rings. The normalized spacial score (nSPS) is 16.6. The lowest BCUT2D eigenvalue weighted by Crippen LogP contribution is -2.30. The molecule has 0 aliphatic carbocycles. The number of ether oxygens (including phenoxy) is 1. The van der Waals surface area contributed by atoms with Gasteiger partial charge in [0.2, 0.25) is 0 Å². The molecule has 1 atom stereocenters. The zero-order chi connectivity index (χ0) is 23.0. The van der Waals surface area contributed by atoms with Crippen LogP contribution in [0.25, 0.3) is 5.57 Å². The minimum atomic E-state index is -4.90. The van der Waals surface area contributed by atoms with Gasteiger partial charge in [-0.1, -0.05) is 41.4 Å². The van der Waals surface area contributed by atoms with Gasteiger partial charge in [-0.05, 0) is 35.9 Å². The average molecular weight is 481 g/mol. The maximum absolute atomic E-state index is 13.1. The number of alkyl halides is 3. The predicted octanol–water partition coefficient (Wildman–Crippen LogP) is 6.34. The van der Waals surface area contributed by atoms with E-state index in [0.717, 1.165) is 17.0 Å². The summed E-state index contributed by atoms with van der Waals surface area (Å²) < 4.78 is 42.1. The van der Waals surface area contributed by atoms with Crippen LogP contribution in [-0.4, -0.2) is 22.4 Å². The second kappa shape index (κ2) is 8.37. The molecule has 1 amide bonds. The lowest BCUT2D eigenvalue weighted by atomic mass is 9.94. The first kappa shape index (κ1) is 22.0. The molecule has 32 heavy (non-hydrogen) atoms. The Morgan fingerprint density at radius 2 is 1.84 bits per heavy atom. The fourth-order valence-corrected chi connectivity index (χ4v) is 4.05. The molecular weight excluding hydrogens is 468 g/mol.